The highest BCUT2D eigenvalue weighted by Gasteiger charge is 2.30. The molecular weight excluding hydrogens is 559 g/mol. The standard InChI is InChI=1S/C28H26BrFN2O4S/c1-16-13-20(29)8-5-17(16)11-12-37(34,35)32-24-15-25-23(14-22(24)18-3-4-18)26(28(33)31-2)27(36-25)19-6-9-21(30)10-7-19/h5-10,13-15,18,32H,3-4,11-12H2,1-2H3,(H,31,33). The Hall–Kier alpha value is -3.17. The number of nitrogens with one attached hydrogen (secondary N) is 2. The molecule has 1 aromatic heterocycles. The quantitative estimate of drug-likeness (QED) is 0.246. The SMILES string of the molecule is CNC(=O)c1c(-c2ccc(F)cc2)oc2cc(NS(=O)(=O)CCc3ccc(Br)cc3C)c(C3CC3)cc12. The van der Waals surface area contributed by atoms with Crippen LogP contribution in [0.25, 0.3) is 22.3 Å². The predicted molar refractivity (Wildman–Crippen MR) is 147 cm³/mol. The third kappa shape index (κ3) is 5.43. The van der Waals surface area contributed by atoms with E-state index in [4.69, 9.17) is 4.42 Å². The number of aryl methyl sites for hydroxylation is 2. The van der Waals surface area contributed by atoms with E-state index < -0.39 is 15.8 Å². The highest BCUT2D eigenvalue weighted by Crippen LogP contribution is 2.46. The molecule has 2 N–H and O–H groups in total. The summed E-state index contributed by atoms with van der Waals surface area (Å²) in [5, 5.41) is 3.24. The summed E-state index contributed by atoms with van der Waals surface area (Å²) < 4.78 is 49.6. The number of amides is 1. The zero-order valence-electron chi connectivity index (χ0n) is 20.4. The molecule has 0 aliphatic heterocycles. The first-order valence-electron chi connectivity index (χ1n) is 12.0. The molecule has 1 saturated carbocycles. The molecule has 5 rings (SSSR count). The van der Waals surface area contributed by atoms with Crippen LogP contribution in [0.15, 0.2) is 63.5 Å². The van der Waals surface area contributed by atoms with Crippen LogP contribution in [0, 0.1) is 12.7 Å². The van der Waals surface area contributed by atoms with Crippen molar-refractivity contribution in [3.63, 3.8) is 0 Å². The molecule has 1 aliphatic rings. The van der Waals surface area contributed by atoms with Crippen molar-refractivity contribution in [2.24, 2.45) is 0 Å². The molecule has 0 atom stereocenters. The zero-order chi connectivity index (χ0) is 26.3. The Morgan fingerprint density at radius 1 is 1.11 bits per heavy atom. The van der Waals surface area contributed by atoms with Crippen LogP contribution in [0.5, 0.6) is 0 Å². The first kappa shape index (κ1) is 25.5. The van der Waals surface area contributed by atoms with Crippen LogP contribution in [-0.2, 0) is 16.4 Å². The molecule has 0 spiro atoms. The van der Waals surface area contributed by atoms with Gasteiger partial charge in [0.1, 0.15) is 17.2 Å². The van der Waals surface area contributed by atoms with E-state index >= 15 is 0 Å². The topological polar surface area (TPSA) is 88.4 Å². The van der Waals surface area contributed by atoms with Gasteiger partial charge in [0, 0.05) is 28.5 Å². The van der Waals surface area contributed by atoms with Crippen molar-refractivity contribution in [2.75, 3.05) is 17.5 Å². The van der Waals surface area contributed by atoms with Crippen molar-refractivity contribution in [3.8, 4) is 11.3 Å². The average molecular weight is 585 g/mol. The lowest BCUT2D eigenvalue weighted by molar-refractivity contribution is 0.0964. The molecule has 9 heteroatoms. The second-order valence-corrected chi connectivity index (χ2v) is 12.1. The maximum Gasteiger partial charge on any atom is 0.255 e. The van der Waals surface area contributed by atoms with Gasteiger partial charge in [0.25, 0.3) is 5.91 Å². The number of rotatable bonds is 8. The van der Waals surface area contributed by atoms with Crippen LogP contribution in [0.2, 0.25) is 0 Å². The van der Waals surface area contributed by atoms with Crippen LogP contribution >= 0.6 is 15.9 Å². The fourth-order valence-corrected chi connectivity index (χ4v) is 6.12. The molecule has 4 aromatic rings. The Morgan fingerprint density at radius 3 is 2.49 bits per heavy atom. The van der Waals surface area contributed by atoms with Crippen LogP contribution < -0.4 is 10.0 Å². The van der Waals surface area contributed by atoms with Crippen LogP contribution in [-0.4, -0.2) is 27.1 Å². The number of fused-ring (bicyclic) bond motifs is 1. The lowest BCUT2D eigenvalue weighted by Gasteiger charge is -2.13. The van der Waals surface area contributed by atoms with Gasteiger partial charge in [-0.25, -0.2) is 12.8 Å². The lowest BCUT2D eigenvalue weighted by Crippen LogP contribution is -2.19. The largest absolute Gasteiger partial charge is 0.455 e. The van der Waals surface area contributed by atoms with Crippen molar-refractivity contribution < 1.29 is 22.0 Å². The smallest absolute Gasteiger partial charge is 0.255 e. The third-order valence-electron chi connectivity index (χ3n) is 6.65. The Balaban J connectivity index is 1.53. The summed E-state index contributed by atoms with van der Waals surface area (Å²) >= 11 is 3.44. The van der Waals surface area contributed by atoms with Gasteiger partial charge in [-0.3, -0.25) is 9.52 Å². The molecule has 1 heterocycles. The van der Waals surface area contributed by atoms with Gasteiger partial charge in [0.05, 0.1) is 17.0 Å². The summed E-state index contributed by atoms with van der Waals surface area (Å²) in [5.41, 5.74) is 4.57. The molecule has 0 unspecified atom stereocenters. The number of hydrogen-bond acceptors (Lipinski definition) is 4. The Bertz CT molecular complexity index is 1610. The highest BCUT2D eigenvalue weighted by molar-refractivity contribution is 9.10. The van der Waals surface area contributed by atoms with Crippen molar-refractivity contribution in [3.05, 3.63) is 87.1 Å². The summed E-state index contributed by atoms with van der Waals surface area (Å²) in [5.74, 6) is -0.287. The highest BCUT2D eigenvalue weighted by atomic mass is 79.9. The number of halogens is 2. The van der Waals surface area contributed by atoms with E-state index in [1.807, 2.05) is 31.2 Å². The van der Waals surface area contributed by atoms with Crippen LogP contribution in [0.1, 0.15) is 45.8 Å². The van der Waals surface area contributed by atoms with E-state index in [0.717, 1.165) is 34.0 Å². The predicted octanol–water partition coefficient (Wildman–Crippen LogP) is 6.53. The number of benzene rings is 3. The molecule has 1 fully saturated rings. The average Bonchev–Trinajstić information content (AvgIpc) is 3.63. The summed E-state index contributed by atoms with van der Waals surface area (Å²) in [7, 11) is -2.13. The monoisotopic (exact) mass is 584 g/mol. The molecule has 0 saturated heterocycles. The van der Waals surface area contributed by atoms with E-state index in [0.29, 0.717) is 40.0 Å². The number of sulfonamides is 1. The molecule has 0 bridgehead atoms. The minimum atomic E-state index is -3.66. The lowest BCUT2D eigenvalue weighted by atomic mass is 10.0. The molecular formula is C28H26BrFN2O4S. The van der Waals surface area contributed by atoms with Gasteiger partial charge in [-0.15, -0.1) is 0 Å². The van der Waals surface area contributed by atoms with Crippen LogP contribution in [0.3, 0.4) is 0 Å². The third-order valence-corrected chi connectivity index (χ3v) is 8.41. The van der Waals surface area contributed by atoms with Crippen molar-refractivity contribution in [1.82, 2.24) is 5.32 Å². The van der Waals surface area contributed by atoms with E-state index in [2.05, 4.69) is 26.0 Å². The zero-order valence-corrected chi connectivity index (χ0v) is 22.8. The molecule has 192 valence electrons. The van der Waals surface area contributed by atoms with Gasteiger partial charge in [0.15, 0.2) is 0 Å². The summed E-state index contributed by atoms with van der Waals surface area (Å²) in [4.78, 5) is 12.9. The minimum absolute atomic E-state index is 0.0694. The van der Waals surface area contributed by atoms with E-state index in [1.54, 1.807) is 18.2 Å². The molecule has 1 aliphatic carbocycles. The molecule has 0 radical (unpaired) electrons. The number of carbonyl (C=O) groups is 1. The van der Waals surface area contributed by atoms with Crippen molar-refractivity contribution in [2.45, 2.75) is 32.1 Å². The molecule has 6 nitrogen and oxygen atoms in total. The van der Waals surface area contributed by atoms with Gasteiger partial charge in [-0.05, 0) is 91.3 Å². The number of hydrogen-bond donors (Lipinski definition) is 2. The second kappa shape index (κ2) is 9.95. The molecule has 37 heavy (non-hydrogen) atoms. The van der Waals surface area contributed by atoms with E-state index in [1.165, 1.54) is 19.2 Å². The fourth-order valence-electron chi connectivity index (χ4n) is 4.54. The van der Waals surface area contributed by atoms with Gasteiger partial charge >= 0.3 is 0 Å². The second-order valence-electron chi connectivity index (χ2n) is 9.34. The molecule has 1 amide bonds. The van der Waals surface area contributed by atoms with Gasteiger partial charge in [0.2, 0.25) is 10.0 Å². The number of carbonyl (C=O) groups excluding carboxylic acids is 1. The first-order valence-corrected chi connectivity index (χ1v) is 14.4. The summed E-state index contributed by atoms with van der Waals surface area (Å²) in [6.07, 6.45) is 2.26. The maximum atomic E-state index is 13.5. The molecule has 3 aromatic carbocycles. The van der Waals surface area contributed by atoms with Gasteiger partial charge < -0.3 is 9.73 Å². The fraction of sp³-hybridized carbons (Fsp3) is 0.250. The van der Waals surface area contributed by atoms with Crippen molar-refractivity contribution in [1.29, 1.82) is 0 Å². The Labute approximate surface area is 223 Å². The number of furan rings is 1. The van der Waals surface area contributed by atoms with Crippen LogP contribution in [0.4, 0.5) is 10.1 Å². The number of anilines is 1. The summed E-state index contributed by atoms with van der Waals surface area (Å²) in [6.45, 7) is 1.96. The maximum absolute atomic E-state index is 13.5. The minimum Gasteiger partial charge on any atom is -0.455 e. The van der Waals surface area contributed by atoms with E-state index in [-0.39, 0.29) is 17.6 Å². The van der Waals surface area contributed by atoms with E-state index in [9.17, 15) is 17.6 Å². The normalized spacial score (nSPS) is 13.6. The van der Waals surface area contributed by atoms with Gasteiger partial charge in [-0.2, -0.15) is 0 Å². The Morgan fingerprint density at radius 2 is 1.84 bits per heavy atom. The van der Waals surface area contributed by atoms with Crippen molar-refractivity contribution >= 4 is 48.5 Å². The van der Waals surface area contributed by atoms with Gasteiger partial charge in [-0.1, -0.05) is 22.0 Å². The first-order chi connectivity index (χ1) is 17.6. The summed E-state index contributed by atoms with van der Waals surface area (Å²) in [6, 6.07) is 15.0. The Kier molecular flexibility index (Phi) is 6.85.